The number of rotatable bonds is 6. The van der Waals surface area contributed by atoms with Crippen molar-refractivity contribution >= 4 is 10.0 Å². The van der Waals surface area contributed by atoms with E-state index in [1.165, 1.54) is 6.42 Å². The Morgan fingerprint density at radius 1 is 1.16 bits per heavy atom. The predicted molar refractivity (Wildman–Crippen MR) is 78.3 cm³/mol. The van der Waals surface area contributed by atoms with E-state index in [-0.39, 0.29) is 5.54 Å². The van der Waals surface area contributed by atoms with E-state index in [9.17, 15) is 8.42 Å². The summed E-state index contributed by atoms with van der Waals surface area (Å²) in [5, 5.41) is 0. The maximum atomic E-state index is 12.5. The van der Waals surface area contributed by atoms with Crippen molar-refractivity contribution in [3.05, 3.63) is 0 Å². The van der Waals surface area contributed by atoms with Gasteiger partial charge in [0.25, 0.3) is 0 Å². The minimum Gasteiger partial charge on any atom is -0.329 e. The molecule has 2 N–H and O–H groups in total. The summed E-state index contributed by atoms with van der Waals surface area (Å²) >= 11 is 0. The van der Waals surface area contributed by atoms with E-state index in [1.807, 2.05) is 0 Å². The Labute approximate surface area is 117 Å². The molecule has 0 heterocycles. The van der Waals surface area contributed by atoms with Gasteiger partial charge in [0, 0.05) is 19.1 Å². The molecule has 4 nitrogen and oxygen atoms in total. The molecule has 0 unspecified atom stereocenters. The average Bonchev–Trinajstić information content (AvgIpc) is 3.21. The number of hydrogen-bond donors (Lipinski definition) is 1. The SMILES string of the molecule is CCC1CCC(CN)(N(C)S(=O)(=O)CC2CC2)CC1. The summed E-state index contributed by atoms with van der Waals surface area (Å²) in [7, 11) is -1.39. The van der Waals surface area contributed by atoms with Crippen molar-refractivity contribution in [2.24, 2.45) is 17.6 Å². The zero-order valence-corrected chi connectivity index (χ0v) is 13.1. The number of hydrogen-bond acceptors (Lipinski definition) is 3. The van der Waals surface area contributed by atoms with Gasteiger partial charge in [-0.25, -0.2) is 8.42 Å². The van der Waals surface area contributed by atoms with Crippen molar-refractivity contribution in [3.63, 3.8) is 0 Å². The predicted octanol–water partition coefficient (Wildman–Crippen LogP) is 1.96. The Morgan fingerprint density at radius 2 is 1.74 bits per heavy atom. The van der Waals surface area contributed by atoms with Gasteiger partial charge < -0.3 is 5.73 Å². The summed E-state index contributed by atoms with van der Waals surface area (Å²) in [6, 6.07) is 0. The van der Waals surface area contributed by atoms with Crippen LogP contribution >= 0.6 is 0 Å². The molecule has 0 aromatic rings. The number of likely N-dealkylation sites (N-methyl/N-ethyl adjacent to an activating group) is 1. The normalized spacial score (nSPS) is 32.7. The molecule has 0 spiro atoms. The fourth-order valence-corrected chi connectivity index (χ4v) is 5.26. The van der Waals surface area contributed by atoms with Gasteiger partial charge in [-0.05, 0) is 50.4 Å². The van der Waals surface area contributed by atoms with E-state index in [2.05, 4.69) is 6.92 Å². The first-order valence-electron chi connectivity index (χ1n) is 7.60. The van der Waals surface area contributed by atoms with Crippen LogP contribution in [-0.4, -0.2) is 37.6 Å². The van der Waals surface area contributed by atoms with Gasteiger partial charge in [0.1, 0.15) is 0 Å². The van der Waals surface area contributed by atoms with Crippen molar-refractivity contribution in [2.45, 2.75) is 57.4 Å². The Kier molecular flexibility index (Phi) is 4.58. The molecule has 2 aliphatic carbocycles. The minimum atomic E-state index is -3.14. The highest BCUT2D eigenvalue weighted by Gasteiger charge is 2.43. The molecule has 2 saturated carbocycles. The molecule has 2 rings (SSSR count). The van der Waals surface area contributed by atoms with Gasteiger partial charge in [-0.15, -0.1) is 0 Å². The summed E-state index contributed by atoms with van der Waals surface area (Å²) < 4.78 is 26.6. The molecule has 2 aliphatic rings. The fraction of sp³-hybridized carbons (Fsp3) is 1.00. The molecule has 0 aromatic heterocycles. The van der Waals surface area contributed by atoms with Crippen molar-refractivity contribution in [1.82, 2.24) is 4.31 Å². The monoisotopic (exact) mass is 288 g/mol. The van der Waals surface area contributed by atoms with Crippen LogP contribution in [0.25, 0.3) is 0 Å². The first-order chi connectivity index (χ1) is 8.93. The van der Waals surface area contributed by atoms with Gasteiger partial charge in [-0.1, -0.05) is 13.3 Å². The number of sulfonamides is 1. The largest absolute Gasteiger partial charge is 0.329 e. The zero-order valence-electron chi connectivity index (χ0n) is 12.3. The second-order valence-electron chi connectivity index (χ2n) is 6.47. The van der Waals surface area contributed by atoms with Gasteiger partial charge in [-0.2, -0.15) is 4.31 Å². The summed E-state index contributed by atoms with van der Waals surface area (Å²) in [5.74, 6) is 1.47. The molecule has 0 saturated heterocycles. The quantitative estimate of drug-likeness (QED) is 0.812. The molecular formula is C14H28N2O2S. The summed E-state index contributed by atoms with van der Waals surface area (Å²) in [6.07, 6.45) is 7.39. The molecule has 2 fully saturated rings. The lowest BCUT2D eigenvalue weighted by molar-refractivity contribution is 0.128. The van der Waals surface area contributed by atoms with Gasteiger partial charge in [0.15, 0.2) is 0 Å². The van der Waals surface area contributed by atoms with Crippen LogP contribution < -0.4 is 5.73 Å². The third-order valence-corrected chi connectivity index (χ3v) is 7.34. The molecule has 0 radical (unpaired) electrons. The zero-order chi connectivity index (χ0) is 14.1. The van der Waals surface area contributed by atoms with Crippen LogP contribution in [0.2, 0.25) is 0 Å². The van der Waals surface area contributed by atoms with Crippen LogP contribution in [0.3, 0.4) is 0 Å². The van der Waals surface area contributed by atoms with Gasteiger partial charge >= 0.3 is 0 Å². The minimum absolute atomic E-state index is 0.320. The van der Waals surface area contributed by atoms with Crippen molar-refractivity contribution in [3.8, 4) is 0 Å². The fourth-order valence-electron chi connectivity index (χ4n) is 3.26. The lowest BCUT2D eigenvalue weighted by Crippen LogP contribution is -2.56. The van der Waals surface area contributed by atoms with Crippen LogP contribution in [0.15, 0.2) is 0 Å². The third-order valence-electron chi connectivity index (χ3n) is 5.22. The van der Waals surface area contributed by atoms with E-state index < -0.39 is 10.0 Å². The standard InChI is InChI=1S/C14H28N2O2S/c1-3-12-6-8-14(11-15,9-7-12)16(2)19(17,18)10-13-4-5-13/h12-13H,3-11,15H2,1-2H3. The smallest absolute Gasteiger partial charge is 0.214 e. The highest BCUT2D eigenvalue weighted by atomic mass is 32.2. The molecule has 0 bridgehead atoms. The lowest BCUT2D eigenvalue weighted by Gasteiger charge is -2.45. The van der Waals surface area contributed by atoms with Crippen LogP contribution in [0.5, 0.6) is 0 Å². The number of nitrogens with two attached hydrogens (primary N) is 1. The van der Waals surface area contributed by atoms with Crippen LogP contribution in [0.1, 0.15) is 51.9 Å². The summed E-state index contributed by atoms with van der Waals surface area (Å²) in [4.78, 5) is 0. The molecule has 0 aromatic carbocycles. The highest BCUT2D eigenvalue weighted by Crippen LogP contribution is 2.39. The lowest BCUT2D eigenvalue weighted by atomic mass is 9.75. The van der Waals surface area contributed by atoms with Crippen molar-refractivity contribution < 1.29 is 8.42 Å². The first kappa shape index (κ1) is 15.3. The molecular weight excluding hydrogens is 260 g/mol. The number of nitrogens with zero attached hydrogens (tertiary/aromatic N) is 1. The second-order valence-corrected chi connectivity index (χ2v) is 8.51. The molecule has 19 heavy (non-hydrogen) atoms. The molecule has 0 amide bonds. The molecule has 112 valence electrons. The van der Waals surface area contributed by atoms with Crippen molar-refractivity contribution in [1.29, 1.82) is 0 Å². The maximum absolute atomic E-state index is 12.5. The van der Waals surface area contributed by atoms with Gasteiger partial charge in [-0.3, -0.25) is 0 Å². The van der Waals surface area contributed by atoms with E-state index in [0.717, 1.165) is 44.4 Å². The summed E-state index contributed by atoms with van der Waals surface area (Å²) in [5.41, 5.74) is 5.64. The summed E-state index contributed by atoms with van der Waals surface area (Å²) in [6.45, 7) is 2.66. The Hall–Kier alpha value is -0.130. The van der Waals surface area contributed by atoms with Crippen molar-refractivity contribution in [2.75, 3.05) is 19.3 Å². The van der Waals surface area contributed by atoms with Gasteiger partial charge in [0.2, 0.25) is 10.0 Å². The second kappa shape index (κ2) is 5.70. The Morgan fingerprint density at radius 3 is 2.16 bits per heavy atom. The Bertz CT molecular complexity index is 396. The molecule has 0 atom stereocenters. The van der Waals surface area contributed by atoms with Crippen LogP contribution in [-0.2, 0) is 10.0 Å². The molecule has 5 heteroatoms. The topological polar surface area (TPSA) is 63.4 Å². The first-order valence-corrected chi connectivity index (χ1v) is 9.21. The van der Waals surface area contributed by atoms with E-state index in [4.69, 9.17) is 5.73 Å². The third kappa shape index (κ3) is 3.31. The van der Waals surface area contributed by atoms with Crippen LogP contribution in [0, 0.1) is 11.8 Å². The van der Waals surface area contributed by atoms with Gasteiger partial charge in [0.05, 0.1) is 5.75 Å². The average molecular weight is 288 g/mol. The Balaban J connectivity index is 2.07. The maximum Gasteiger partial charge on any atom is 0.214 e. The van der Waals surface area contributed by atoms with E-state index in [0.29, 0.717) is 18.2 Å². The van der Waals surface area contributed by atoms with E-state index >= 15 is 0 Å². The van der Waals surface area contributed by atoms with Crippen LogP contribution in [0.4, 0.5) is 0 Å². The highest BCUT2D eigenvalue weighted by molar-refractivity contribution is 7.89. The molecule has 0 aliphatic heterocycles. The van der Waals surface area contributed by atoms with E-state index in [1.54, 1.807) is 11.4 Å².